The predicted octanol–water partition coefficient (Wildman–Crippen LogP) is 5.70. The third-order valence-corrected chi connectivity index (χ3v) is 7.70. The van der Waals surface area contributed by atoms with Gasteiger partial charge in [0.1, 0.15) is 5.75 Å². The number of carbonyl (C=O) groups excluding carboxylic acids is 1. The molecule has 6 nitrogen and oxygen atoms in total. The number of carbonyl (C=O) groups is 1. The predicted molar refractivity (Wildman–Crippen MR) is 135 cm³/mol. The second-order valence-electron chi connectivity index (χ2n) is 8.70. The number of benzene rings is 2. The molecular weight excluding hydrogens is 464 g/mol. The number of esters is 1. The van der Waals surface area contributed by atoms with Crippen LogP contribution in [0.4, 0.5) is 0 Å². The highest BCUT2D eigenvalue weighted by atomic mass is 32.1. The molecule has 1 aromatic heterocycles. The fourth-order valence-corrected chi connectivity index (χ4v) is 5.33. The number of hydrogen-bond donors (Lipinski definition) is 0. The third kappa shape index (κ3) is 6.11. The molecule has 7 heteroatoms. The molecule has 3 aromatic rings. The Kier molecular flexibility index (Phi) is 8.23. The molecule has 0 aliphatic carbocycles. The van der Waals surface area contributed by atoms with E-state index in [-0.39, 0.29) is 18.3 Å². The van der Waals surface area contributed by atoms with Gasteiger partial charge >= 0.3 is 5.97 Å². The van der Waals surface area contributed by atoms with Crippen molar-refractivity contribution in [3.63, 3.8) is 0 Å². The topological polar surface area (TPSA) is 63.2 Å². The van der Waals surface area contributed by atoms with Crippen LogP contribution in [0.15, 0.2) is 54.6 Å². The van der Waals surface area contributed by atoms with Crippen molar-refractivity contribution in [1.29, 1.82) is 0 Å². The Morgan fingerprint density at radius 2 is 1.77 bits per heavy atom. The summed E-state index contributed by atoms with van der Waals surface area (Å²) in [5.74, 6) is -0.285. The molecule has 1 aliphatic heterocycles. The molecule has 0 bridgehead atoms. The summed E-state index contributed by atoms with van der Waals surface area (Å²) in [5, 5.41) is 0. The summed E-state index contributed by atoms with van der Waals surface area (Å²) < 4.78 is 27.9. The second kappa shape index (κ2) is 11.4. The van der Waals surface area contributed by atoms with Crippen molar-refractivity contribution >= 4 is 17.3 Å². The zero-order chi connectivity index (χ0) is 24.8. The molecule has 0 spiro atoms. The van der Waals surface area contributed by atoms with Crippen molar-refractivity contribution in [2.75, 3.05) is 27.4 Å². The molecule has 2 aromatic carbocycles. The molecule has 0 saturated carbocycles. The van der Waals surface area contributed by atoms with Gasteiger partial charge in [0, 0.05) is 10.8 Å². The van der Waals surface area contributed by atoms with Crippen molar-refractivity contribution in [2.24, 2.45) is 0 Å². The van der Waals surface area contributed by atoms with Crippen LogP contribution in [0.5, 0.6) is 5.75 Å². The van der Waals surface area contributed by atoms with Crippen molar-refractivity contribution in [1.82, 2.24) is 0 Å². The van der Waals surface area contributed by atoms with E-state index in [9.17, 15) is 4.79 Å². The molecule has 1 fully saturated rings. The maximum Gasteiger partial charge on any atom is 0.306 e. The van der Waals surface area contributed by atoms with Crippen LogP contribution in [0.2, 0.25) is 0 Å². The summed E-state index contributed by atoms with van der Waals surface area (Å²) in [6.07, 6.45) is 0.254. The monoisotopic (exact) mass is 496 g/mol. The van der Waals surface area contributed by atoms with Crippen LogP contribution in [-0.2, 0) is 42.7 Å². The molecule has 1 atom stereocenters. The molecule has 0 amide bonds. The summed E-state index contributed by atoms with van der Waals surface area (Å²) >= 11 is 1.61. The third-order valence-electron chi connectivity index (χ3n) is 6.32. The number of aryl methyl sites for hydroxylation is 1. The maximum atomic E-state index is 12.3. The summed E-state index contributed by atoms with van der Waals surface area (Å²) in [6.45, 7) is 6.15. The first-order valence-corrected chi connectivity index (χ1v) is 12.5. The highest BCUT2D eigenvalue weighted by molar-refractivity contribution is 7.12. The number of ether oxygens (including phenoxy) is 5. The van der Waals surface area contributed by atoms with Crippen LogP contribution in [-0.4, -0.2) is 33.4 Å². The van der Waals surface area contributed by atoms with E-state index in [0.717, 1.165) is 37.8 Å². The summed E-state index contributed by atoms with van der Waals surface area (Å²) in [7, 11) is 3.08. The average molecular weight is 497 g/mol. The molecule has 1 aliphatic rings. The number of hydrogen-bond acceptors (Lipinski definition) is 7. The van der Waals surface area contributed by atoms with E-state index in [1.165, 1.54) is 7.11 Å². The normalized spacial score (nSPS) is 15.7. The molecule has 1 unspecified atom stereocenters. The van der Waals surface area contributed by atoms with Crippen LogP contribution in [0.1, 0.15) is 51.3 Å². The lowest BCUT2D eigenvalue weighted by atomic mass is 9.91. The van der Waals surface area contributed by atoms with E-state index < -0.39 is 5.79 Å². The Hall–Kier alpha value is -2.71. The Labute approximate surface area is 210 Å². The van der Waals surface area contributed by atoms with Crippen LogP contribution in [0.25, 0.3) is 0 Å². The zero-order valence-corrected chi connectivity index (χ0v) is 21.5. The standard InChI is InChI=1S/C28H32O6S/c1-19-5-8-21(15-22(19)18-32-17-20-6-9-23(30-3)10-7-20)24(16-27(29)31-4)25-11-12-26(35-25)28(2)33-13-14-34-28/h5-12,15,24H,13-14,16-18H2,1-4H3. The van der Waals surface area contributed by atoms with Crippen LogP contribution in [0.3, 0.4) is 0 Å². The van der Waals surface area contributed by atoms with Gasteiger partial charge in [-0.2, -0.15) is 0 Å². The molecular formula is C28H32O6S. The lowest BCUT2D eigenvalue weighted by molar-refractivity contribution is -0.147. The van der Waals surface area contributed by atoms with Gasteiger partial charge in [-0.3, -0.25) is 4.79 Å². The average Bonchev–Trinajstić information content (AvgIpc) is 3.54. The van der Waals surface area contributed by atoms with E-state index in [2.05, 4.69) is 31.2 Å². The van der Waals surface area contributed by atoms with Gasteiger partial charge in [0.15, 0.2) is 0 Å². The van der Waals surface area contributed by atoms with E-state index in [1.807, 2.05) is 37.3 Å². The van der Waals surface area contributed by atoms with Gasteiger partial charge in [-0.05, 0) is 60.4 Å². The molecule has 186 valence electrons. The second-order valence-corrected chi connectivity index (χ2v) is 9.82. The fourth-order valence-electron chi connectivity index (χ4n) is 4.14. The summed E-state index contributed by atoms with van der Waals surface area (Å²) in [4.78, 5) is 14.4. The minimum atomic E-state index is -0.730. The lowest BCUT2D eigenvalue weighted by Crippen LogP contribution is -2.20. The van der Waals surface area contributed by atoms with Crippen LogP contribution >= 0.6 is 11.3 Å². The van der Waals surface area contributed by atoms with E-state index in [0.29, 0.717) is 26.4 Å². The smallest absolute Gasteiger partial charge is 0.306 e. The van der Waals surface area contributed by atoms with Gasteiger partial charge < -0.3 is 23.7 Å². The van der Waals surface area contributed by atoms with Gasteiger partial charge in [0.25, 0.3) is 0 Å². The quantitative estimate of drug-likeness (QED) is 0.336. The largest absolute Gasteiger partial charge is 0.497 e. The van der Waals surface area contributed by atoms with E-state index in [4.69, 9.17) is 23.7 Å². The highest BCUT2D eigenvalue weighted by Crippen LogP contribution is 2.40. The van der Waals surface area contributed by atoms with E-state index in [1.54, 1.807) is 18.4 Å². The van der Waals surface area contributed by atoms with Gasteiger partial charge in [-0.15, -0.1) is 11.3 Å². The molecule has 1 saturated heterocycles. The number of methoxy groups -OCH3 is 2. The summed E-state index contributed by atoms with van der Waals surface area (Å²) in [6, 6.07) is 18.3. The van der Waals surface area contributed by atoms with Gasteiger partial charge in [0.2, 0.25) is 5.79 Å². The van der Waals surface area contributed by atoms with Crippen LogP contribution < -0.4 is 4.74 Å². The van der Waals surface area contributed by atoms with Gasteiger partial charge in [-0.1, -0.05) is 30.3 Å². The van der Waals surface area contributed by atoms with Gasteiger partial charge in [-0.25, -0.2) is 0 Å². The minimum absolute atomic E-state index is 0.132. The minimum Gasteiger partial charge on any atom is -0.497 e. The Morgan fingerprint density at radius 3 is 2.46 bits per heavy atom. The molecule has 4 rings (SSSR count). The van der Waals surface area contributed by atoms with Crippen molar-refractivity contribution in [2.45, 2.75) is 45.2 Å². The van der Waals surface area contributed by atoms with Gasteiger partial charge in [0.05, 0.1) is 51.9 Å². The van der Waals surface area contributed by atoms with Crippen LogP contribution in [0, 0.1) is 6.92 Å². The first-order chi connectivity index (χ1) is 16.9. The van der Waals surface area contributed by atoms with E-state index >= 15 is 0 Å². The first-order valence-electron chi connectivity index (χ1n) is 11.7. The number of thiophene rings is 1. The highest BCUT2D eigenvalue weighted by Gasteiger charge is 2.35. The molecule has 0 radical (unpaired) electrons. The number of rotatable bonds is 10. The van der Waals surface area contributed by atoms with Crippen molar-refractivity contribution in [3.8, 4) is 5.75 Å². The molecule has 35 heavy (non-hydrogen) atoms. The Balaban J connectivity index is 1.53. The Bertz CT molecular complexity index is 1130. The molecule has 2 heterocycles. The zero-order valence-electron chi connectivity index (χ0n) is 20.7. The fraction of sp³-hybridized carbons (Fsp3) is 0.393. The first kappa shape index (κ1) is 25.4. The Morgan fingerprint density at radius 1 is 1.03 bits per heavy atom. The maximum absolute atomic E-state index is 12.3. The van der Waals surface area contributed by atoms with Crippen molar-refractivity contribution < 1.29 is 28.5 Å². The lowest BCUT2D eigenvalue weighted by Gasteiger charge is -2.21. The summed E-state index contributed by atoms with van der Waals surface area (Å²) in [5.41, 5.74) is 4.37. The molecule has 0 N–H and O–H groups in total. The van der Waals surface area contributed by atoms with Crippen molar-refractivity contribution in [3.05, 3.63) is 86.6 Å². The SMILES string of the molecule is COC(=O)CC(c1ccc(C)c(COCc2ccc(OC)cc2)c1)c1ccc(C2(C)OCCO2)s1.